The highest BCUT2D eigenvalue weighted by atomic mass is 35.5. The number of hydrogen-bond acceptors (Lipinski definition) is 2. The Labute approximate surface area is 136 Å². The monoisotopic (exact) mass is 325 g/mol. The van der Waals surface area contributed by atoms with Crippen molar-refractivity contribution in [2.45, 2.75) is 45.7 Å². The predicted octanol–water partition coefficient (Wildman–Crippen LogP) is 2.48. The minimum Gasteiger partial charge on any atom is -0.350 e. The van der Waals surface area contributed by atoms with Crippen LogP contribution < -0.4 is 16.0 Å². The zero-order valence-electron chi connectivity index (χ0n) is 13.5. The Morgan fingerprint density at radius 2 is 1.95 bits per heavy atom. The van der Waals surface area contributed by atoms with Crippen molar-refractivity contribution in [2.75, 3.05) is 6.54 Å². The molecule has 0 heterocycles. The number of nitrogens with one attached hydrogen (secondary N) is 3. The van der Waals surface area contributed by atoms with Gasteiger partial charge in [0.2, 0.25) is 5.91 Å². The summed E-state index contributed by atoms with van der Waals surface area (Å²) in [5.74, 6) is -0.211. The molecule has 0 saturated heterocycles. The summed E-state index contributed by atoms with van der Waals surface area (Å²) in [7, 11) is 0. The van der Waals surface area contributed by atoms with Gasteiger partial charge in [0, 0.05) is 17.1 Å². The van der Waals surface area contributed by atoms with Crippen LogP contribution in [-0.4, -0.2) is 30.1 Å². The largest absolute Gasteiger partial charge is 0.350 e. The fourth-order valence-electron chi connectivity index (χ4n) is 1.80. The molecular formula is C16H24ClN3O2. The molecule has 0 aliphatic rings. The zero-order valence-corrected chi connectivity index (χ0v) is 14.3. The maximum Gasteiger partial charge on any atom is 0.315 e. The van der Waals surface area contributed by atoms with Crippen LogP contribution in [0.5, 0.6) is 0 Å². The molecule has 1 aromatic carbocycles. The third-order valence-corrected chi connectivity index (χ3v) is 3.06. The molecule has 0 aliphatic heterocycles. The molecule has 3 amide bonds. The van der Waals surface area contributed by atoms with Crippen LogP contribution in [0.2, 0.25) is 5.02 Å². The lowest BCUT2D eigenvalue weighted by Gasteiger charge is -2.23. The van der Waals surface area contributed by atoms with Gasteiger partial charge in [-0.3, -0.25) is 4.79 Å². The van der Waals surface area contributed by atoms with E-state index in [1.807, 2.05) is 39.0 Å². The van der Waals surface area contributed by atoms with Gasteiger partial charge in [0.25, 0.3) is 0 Å². The molecule has 6 heteroatoms. The van der Waals surface area contributed by atoms with Crippen LogP contribution >= 0.6 is 11.6 Å². The Morgan fingerprint density at radius 1 is 1.27 bits per heavy atom. The molecular weight excluding hydrogens is 302 g/mol. The van der Waals surface area contributed by atoms with Gasteiger partial charge in [0.05, 0.1) is 0 Å². The van der Waals surface area contributed by atoms with E-state index < -0.39 is 6.04 Å². The van der Waals surface area contributed by atoms with E-state index in [-0.39, 0.29) is 17.5 Å². The van der Waals surface area contributed by atoms with E-state index in [1.54, 1.807) is 13.0 Å². The summed E-state index contributed by atoms with van der Waals surface area (Å²) in [6, 6.07) is 6.53. The number of amides is 3. The fourth-order valence-corrected chi connectivity index (χ4v) is 2.02. The van der Waals surface area contributed by atoms with Gasteiger partial charge >= 0.3 is 6.03 Å². The Kier molecular flexibility index (Phi) is 6.68. The second kappa shape index (κ2) is 8.03. The molecule has 0 aliphatic carbocycles. The Balaban J connectivity index is 2.32. The number of rotatable bonds is 5. The first kappa shape index (κ1) is 18.3. The molecule has 3 N–H and O–H groups in total. The third-order valence-electron chi connectivity index (χ3n) is 2.83. The van der Waals surface area contributed by atoms with Gasteiger partial charge in [0.1, 0.15) is 6.04 Å². The lowest BCUT2D eigenvalue weighted by molar-refractivity contribution is -0.123. The summed E-state index contributed by atoms with van der Waals surface area (Å²) in [4.78, 5) is 23.6. The summed E-state index contributed by atoms with van der Waals surface area (Å²) in [5, 5.41) is 8.83. The number of halogens is 1. The van der Waals surface area contributed by atoms with E-state index in [1.165, 1.54) is 0 Å². The van der Waals surface area contributed by atoms with Crippen molar-refractivity contribution in [3.63, 3.8) is 0 Å². The van der Waals surface area contributed by atoms with Crippen LogP contribution in [0, 0.1) is 0 Å². The van der Waals surface area contributed by atoms with Crippen LogP contribution in [0.25, 0.3) is 0 Å². The highest BCUT2D eigenvalue weighted by Gasteiger charge is 2.20. The third kappa shape index (κ3) is 7.31. The predicted molar refractivity (Wildman–Crippen MR) is 89.0 cm³/mol. The molecule has 22 heavy (non-hydrogen) atoms. The molecule has 1 rings (SSSR count). The number of carbonyl (C=O) groups is 2. The first-order valence-electron chi connectivity index (χ1n) is 7.28. The van der Waals surface area contributed by atoms with E-state index in [0.717, 1.165) is 5.56 Å². The quantitative estimate of drug-likeness (QED) is 0.778. The van der Waals surface area contributed by atoms with Gasteiger partial charge in [0.15, 0.2) is 0 Å². The van der Waals surface area contributed by atoms with E-state index in [4.69, 9.17) is 11.6 Å². The molecule has 1 aromatic rings. The summed E-state index contributed by atoms with van der Waals surface area (Å²) in [6.45, 7) is 7.80. The second-order valence-corrected chi connectivity index (χ2v) is 6.68. The molecule has 0 spiro atoms. The standard InChI is InChI=1S/C16H24ClN3O2/c1-11(14(21)20-16(2,3)4)19-15(22)18-9-8-12-6-5-7-13(17)10-12/h5-7,10-11H,8-9H2,1-4H3,(H,20,21)(H2,18,19,22). The van der Waals surface area contributed by atoms with E-state index in [9.17, 15) is 9.59 Å². The van der Waals surface area contributed by atoms with Gasteiger partial charge in [-0.2, -0.15) is 0 Å². The highest BCUT2D eigenvalue weighted by molar-refractivity contribution is 6.30. The summed E-state index contributed by atoms with van der Waals surface area (Å²) in [5.41, 5.74) is 0.724. The van der Waals surface area contributed by atoms with Crippen molar-refractivity contribution in [1.29, 1.82) is 0 Å². The van der Waals surface area contributed by atoms with Crippen molar-refractivity contribution in [1.82, 2.24) is 16.0 Å². The first-order valence-corrected chi connectivity index (χ1v) is 7.66. The summed E-state index contributed by atoms with van der Waals surface area (Å²) >= 11 is 5.90. The number of benzene rings is 1. The first-order chi connectivity index (χ1) is 10.2. The van der Waals surface area contributed by atoms with Crippen molar-refractivity contribution < 1.29 is 9.59 Å². The molecule has 0 aromatic heterocycles. The Hall–Kier alpha value is -1.75. The average Bonchev–Trinajstić information content (AvgIpc) is 2.36. The number of carbonyl (C=O) groups excluding carboxylic acids is 2. The molecule has 5 nitrogen and oxygen atoms in total. The highest BCUT2D eigenvalue weighted by Crippen LogP contribution is 2.10. The van der Waals surface area contributed by atoms with Crippen molar-refractivity contribution in [2.24, 2.45) is 0 Å². The smallest absolute Gasteiger partial charge is 0.315 e. The van der Waals surface area contributed by atoms with Crippen molar-refractivity contribution in [3.05, 3.63) is 34.9 Å². The van der Waals surface area contributed by atoms with Gasteiger partial charge < -0.3 is 16.0 Å². The lowest BCUT2D eigenvalue weighted by atomic mass is 10.1. The molecule has 0 bridgehead atoms. The van der Waals surface area contributed by atoms with Crippen molar-refractivity contribution in [3.8, 4) is 0 Å². The van der Waals surface area contributed by atoms with Crippen molar-refractivity contribution >= 4 is 23.5 Å². The van der Waals surface area contributed by atoms with E-state index in [0.29, 0.717) is 18.0 Å². The van der Waals surface area contributed by atoms with E-state index >= 15 is 0 Å². The molecule has 1 atom stereocenters. The maximum atomic E-state index is 11.9. The fraction of sp³-hybridized carbons (Fsp3) is 0.500. The normalized spacial score (nSPS) is 12.4. The second-order valence-electron chi connectivity index (χ2n) is 6.24. The Bertz CT molecular complexity index is 526. The molecule has 1 unspecified atom stereocenters. The molecule has 0 saturated carbocycles. The van der Waals surface area contributed by atoms with Crippen LogP contribution in [0.3, 0.4) is 0 Å². The zero-order chi connectivity index (χ0) is 16.8. The van der Waals surface area contributed by atoms with Gasteiger partial charge in [-0.25, -0.2) is 4.79 Å². The van der Waals surface area contributed by atoms with Crippen LogP contribution in [0.4, 0.5) is 4.79 Å². The molecule has 122 valence electrons. The minimum atomic E-state index is -0.592. The van der Waals surface area contributed by atoms with Crippen LogP contribution in [0.15, 0.2) is 24.3 Å². The average molecular weight is 326 g/mol. The van der Waals surface area contributed by atoms with Crippen LogP contribution in [0.1, 0.15) is 33.3 Å². The molecule has 0 radical (unpaired) electrons. The maximum absolute atomic E-state index is 11.9. The SMILES string of the molecule is CC(NC(=O)NCCc1cccc(Cl)c1)C(=O)NC(C)(C)C. The minimum absolute atomic E-state index is 0.211. The number of urea groups is 1. The van der Waals surface area contributed by atoms with E-state index in [2.05, 4.69) is 16.0 Å². The van der Waals surface area contributed by atoms with Gasteiger partial charge in [-0.05, 0) is 51.8 Å². The lowest BCUT2D eigenvalue weighted by Crippen LogP contribution is -2.52. The van der Waals surface area contributed by atoms with Gasteiger partial charge in [-0.1, -0.05) is 23.7 Å². The van der Waals surface area contributed by atoms with Gasteiger partial charge in [-0.15, -0.1) is 0 Å². The van der Waals surface area contributed by atoms with Crippen LogP contribution in [-0.2, 0) is 11.2 Å². The summed E-state index contributed by atoms with van der Waals surface area (Å²) < 4.78 is 0. The topological polar surface area (TPSA) is 70.2 Å². The number of hydrogen-bond donors (Lipinski definition) is 3. The molecule has 0 fully saturated rings. The summed E-state index contributed by atoms with van der Waals surface area (Å²) in [6.07, 6.45) is 0.677. The Morgan fingerprint density at radius 3 is 2.55 bits per heavy atom.